The van der Waals surface area contributed by atoms with Gasteiger partial charge < -0.3 is 10.5 Å². The largest absolute Gasteiger partial charge is 0.465 e. The van der Waals surface area contributed by atoms with Crippen LogP contribution >= 0.6 is 23.7 Å². The summed E-state index contributed by atoms with van der Waals surface area (Å²) in [6.45, 7) is 0.778. The van der Waals surface area contributed by atoms with Gasteiger partial charge in [0.05, 0.1) is 7.11 Å². The number of piperidine rings is 1. The number of methoxy groups -OCH3 is 1. The Kier molecular flexibility index (Phi) is 5.96. The van der Waals surface area contributed by atoms with Crippen LogP contribution < -0.4 is 5.73 Å². The third-order valence-corrected chi connectivity index (χ3v) is 6.08. The zero-order chi connectivity index (χ0) is 14.0. The number of thiophene rings is 1. The average molecular weight is 341 g/mol. The molecule has 1 saturated heterocycles. The second kappa shape index (κ2) is 6.86. The second-order valence-corrected chi connectivity index (χ2v) is 7.17. The molecule has 0 unspecified atom stereocenters. The van der Waals surface area contributed by atoms with Gasteiger partial charge in [0.1, 0.15) is 9.77 Å². The fourth-order valence-electron chi connectivity index (χ4n) is 2.00. The first-order valence-corrected chi connectivity index (χ1v) is 8.20. The Hall–Kier alpha value is -0.670. The molecule has 1 aliphatic rings. The number of ether oxygens (including phenoxy) is 1. The zero-order valence-corrected chi connectivity index (χ0v) is 13.4. The fourth-order valence-corrected chi connectivity index (χ4v) is 4.78. The normalized spacial score (nSPS) is 17.5. The van der Waals surface area contributed by atoms with Crippen molar-refractivity contribution in [2.75, 3.05) is 20.2 Å². The quantitative estimate of drug-likeness (QED) is 0.831. The lowest BCUT2D eigenvalue weighted by Crippen LogP contribution is -2.42. The van der Waals surface area contributed by atoms with E-state index in [1.165, 1.54) is 17.5 Å². The van der Waals surface area contributed by atoms with Crippen LogP contribution in [0.1, 0.15) is 22.5 Å². The number of hydrogen-bond acceptors (Lipinski definition) is 6. The molecule has 0 spiro atoms. The van der Waals surface area contributed by atoms with Crippen LogP contribution in [0, 0.1) is 0 Å². The summed E-state index contributed by atoms with van der Waals surface area (Å²) in [7, 11) is -2.41. The molecule has 1 aromatic heterocycles. The maximum Gasteiger partial charge on any atom is 0.349 e. The van der Waals surface area contributed by atoms with Crippen molar-refractivity contribution in [1.29, 1.82) is 0 Å². The Morgan fingerprint density at radius 3 is 2.60 bits per heavy atom. The minimum absolute atomic E-state index is 0. The van der Waals surface area contributed by atoms with Gasteiger partial charge in [0.25, 0.3) is 0 Å². The number of sulfonamides is 1. The van der Waals surface area contributed by atoms with Crippen molar-refractivity contribution in [3.8, 4) is 0 Å². The highest BCUT2D eigenvalue weighted by Crippen LogP contribution is 2.27. The molecular weight excluding hydrogens is 324 g/mol. The molecular formula is C11H17ClN2O4S2. The van der Waals surface area contributed by atoms with Crippen LogP contribution in [0.3, 0.4) is 0 Å². The van der Waals surface area contributed by atoms with Crippen LogP contribution in [0.5, 0.6) is 0 Å². The summed E-state index contributed by atoms with van der Waals surface area (Å²) in [5.74, 6) is -0.623. The number of nitrogens with zero attached hydrogens (tertiary/aromatic N) is 1. The Morgan fingerprint density at radius 2 is 2.05 bits per heavy atom. The standard InChI is InChI=1S/C11H16N2O4S2.ClH/c1-17-11(14)10-9(4-7-18-10)19(15,16)13-5-2-8(12)3-6-13;/h4,7-8H,2-3,5-6,12H2,1H3;1H. The number of carbonyl (C=O) groups is 1. The van der Waals surface area contributed by atoms with E-state index in [0.29, 0.717) is 25.9 Å². The molecule has 20 heavy (non-hydrogen) atoms. The Morgan fingerprint density at radius 1 is 1.45 bits per heavy atom. The van der Waals surface area contributed by atoms with Gasteiger partial charge in [-0.2, -0.15) is 4.31 Å². The smallest absolute Gasteiger partial charge is 0.349 e. The van der Waals surface area contributed by atoms with Crippen molar-refractivity contribution in [2.24, 2.45) is 5.73 Å². The van der Waals surface area contributed by atoms with Crippen LogP contribution in [0.25, 0.3) is 0 Å². The number of halogens is 1. The average Bonchev–Trinajstić information content (AvgIpc) is 2.88. The highest BCUT2D eigenvalue weighted by Gasteiger charge is 2.32. The van der Waals surface area contributed by atoms with Crippen LogP contribution in [0.4, 0.5) is 0 Å². The molecule has 0 aromatic carbocycles. The van der Waals surface area contributed by atoms with Crippen molar-refractivity contribution in [1.82, 2.24) is 4.31 Å². The molecule has 0 saturated carbocycles. The monoisotopic (exact) mass is 340 g/mol. The molecule has 0 aliphatic carbocycles. The first-order chi connectivity index (χ1) is 8.96. The third kappa shape index (κ3) is 3.32. The number of rotatable bonds is 3. The summed E-state index contributed by atoms with van der Waals surface area (Å²) < 4.78 is 30.9. The molecule has 2 heterocycles. The Labute approximate surface area is 128 Å². The van der Waals surface area contributed by atoms with Gasteiger partial charge in [-0.1, -0.05) is 0 Å². The zero-order valence-electron chi connectivity index (χ0n) is 10.9. The number of hydrogen-bond donors (Lipinski definition) is 1. The topological polar surface area (TPSA) is 89.7 Å². The lowest BCUT2D eigenvalue weighted by atomic mass is 10.1. The minimum atomic E-state index is -3.64. The van der Waals surface area contributed by atoms with E-state index in [4.69, 9.17) is 5.73 Å². The van der Waals surface area contributed by atoms with E-state index in [-0.39, 0.29) is 28.2 Å². The molecule has 2 rings (SSSR count). The third-order valence-electron chi connectivity index (χ3n) is 3.12. The highest BCUT2D eigenvalue weighted by molar-refractivity contribution is 7.89. The van der Waals surface area contributed by atoms with E-state index >= 15 is 0 Å². The molecule has 0 amide bonds. The van der Waals surface area contributed by atoms with Gasteiger partial charge in [0.2, 0.25) is 10.0 Å². The molecule has 2 N–H and O–H groups in total. The van der Waals surface area contributed by atoms with Crippen molar-refractivity contribution >= 4 is 39.7 Å². The van der Waals surface area contributed by atoms with Crippen molar-refractivity contribution in [2.45, 2.75) is 23.8 Å². The van der Waals surface area contributed by atoms with E-state index in [1.54, 1.807) is 5.38 Å². The minimum Gasteiger partial charge on any atom is -0.465 e. The van der Waals surface area contributed by atoms with Gasteiger partial charge in [0, 0.05) is 19.1 Å². The van der Waals surface area contributed by atoms with Gasteiger partial charge in [-0.15, -0.1) is 23.7 Å². The molecule has 0 atom stereocenters. The number of carbonyl (C=O) groups excluding carboxylic acids is 1. The molecule has 0 radical (unpaired) electrons. The predicted octanol–water partition coefficient (Wildman–Crippen LogP) is 1.07. The van der Waals surface area contributed by atoms with Crippen LogP contribution in [0.2, 0.25) is 0 Å². The molecule has 114 valence electrons. The summed E-state index contributed by atoms with van der Waals surface area (Å²) in [5.41, 5.74) is 5.77. The summed E-state index contributed by atoms with van der Waals surface area (Å²) in [6, 6.07) is 1.50. The maximum atomic E-state index is 12.5. The van der Waals surface area contributed by atoms with Crippen LogP contribution in [-0.2, 0) is 14.8 Å². The summed E-state index contributed by atoms with van der Waals surface area (Å²) in [5, 5.41) is 1.58. The first kappa shape index (κ1) is 17.4. The molecule has 0 bridgehead atoms. The summed E-state index contributed by atoms with van der Waals surface area (Å²) >= 11 is 1.07. The number of esters is 1. The van der Waals surface area contributed by atoms with Crippen LogP contribution in [-0.4, -0.2) is 44.9 Å². The van der Waals surface area contributed by atoms with Crippen LogP contribution in [0.15, 0.2) is 16.3 Å². The van der Waals surface area contributed by atoms with E-state index in [2.05, 4.69) is 4.74 Å². The molecule has 1 aliphatic heterocycles. The summed E-state index contributed by atoms with van der Waals surface area (Å²) in [6.07, 6.45) is 1.27. The maximum absolute atomic E-state index is 12.5. The number of nitrogens with two attached hydrogens (primary N) is 1. The Balaban J connectivity index is 0.00000200. The van der Waals surface area contributed by atoms with Gasteiger partial charge in [-0.25, -0.2) is 13.2 Å². The van der Waals surface area contributed by atoms with E-state index in [1.807, 2.05) is 0 Å². The van der Waals surface area contributed by atoms with Crippen molar-refractivity contribution in [3.05, 3.63) is 16.3 Å². The lowest BCUT2D eigenvalue weighted by molar-refractivity contribution is 0.0602. The van der Waals surface area contributed by atoms with Gasteiger partial charge in [0.15, 0.2) is 0 Å². The van der Waals surface area contributed by atoms with Crippen molar-refractivity contribution < 1.29 is 17.9 Å². The highest BCUT2D eigenvalue weighted by atomic mass is 35.5. The SMILES string of the molecule is COC(=O)c1sccc1S(=O)(=O)N1CCC(N)CC1.Cl. The van der Waals surface area contributed by atoms with Gasteiger partial charge in [-0.05, 0) is 24.3 Å². The summed E-state index contributed by atoms with van der Waals surface area (Å²) in [4.78, 5) is 11.7. The van der Waals surface area contributed by atoms with Crippen molar-refractivity contribution in [3.63, 3.8) is 0 Å². The molecule has 1 aromatic rings. The van der Waals surface area contributed by atoms with Gasteiger partial charge >= 0.3 is 5.97 Å². The Bertz CT molecular complexity index is 565. The molecule has 1 fully saturated rings. The molecule has 6 nitrogen and oxygen atoms in total. The fraction of sp³-hybridized carbons (Fsp3) is 0.545. The van der Waals surface area contributed by atoms with E-state index < -0.39 is 16.0 Å². The lowest BCUT2D eigenvalue weighted by Gasteiger charge is -2.29. The molecule has 9 heteroatoms. The second-order valence-electron chi connectivity index (χ2n) is 4.35. The van der Waals surface area contributed by atoms with E-state index in [9.17, 15) is 13.2 Å². The predicted molar refractivity (Wildman–Crippen MR) is 78.9 cm³/mol. The van der Waals surface area contributed by atoms with E-state index in [0.717, 1.165) is 11.3 Å². The van der Waals surface area contributed by atoms with Gasteiger partial charge in [-0.3, -0.25) is 0 Å². The first-order valence-electron chi connectivity index (χ1n) is 5.88.